The van der Waals surface area contributed by atoms with Crippen LogP contribution in [0.4, 0.5) is 17.1 Å². The van der Waals surface area contributed by atoms with Crippen molar-refractivity contribution in [3.8, 4) is 66.8 Å². The minimum absolute atomic E-state index is 0.115. The van der Waals surface area contributed by atoms with Crippen molar-refractivity contribution >= 4 is 17.1 Å². The molecule has 1 heteroatoms. The van der Waals surface area contributed by atoms with Crippen LogP contribution in [0.2, 0.25) is 0 Å². The lowest BCUT2D eigenvalue weighted by Crippen LogP contribution is -2.22. The smallest absolute Gasteiger partial charge is 0.0540 e. The Morgan fingerprint density at radius 1 is 0.275 bits per heavy atom. The zero-order valence-corrected chi connectivity index (χ0v) is 39.9. The number of hydrogen-bond donors (Lipinski definition) is 0. The first-order valence-electron chi connectivity index (χ1n) is 24.5. The summed E-state index contributed by atoms with van der Waals surface area (Å²) in [5.74, 6) is 0. The predicted octanol–water partition coefficient (Wildman–Crippen LogP) is 18.1. The summed E-state index contributed by atoms with van der Waals surface area (Å²) in [5, 5.41) is 0. The summed E-state index contributed by atoms with van der Waals surface area (Å²) in [6.07, 6.45) is 0. The highest BCUT2D eigenvalue weighted by molar-refractivity contribution is 5.98. The van der Waals surface area contributed by atoms with Crippen LogP contribution in [0.1, 0.15) is 73.6 Å². The van der Waals surface area contributed by atoms with Gasteiger partial charge in [-0.1, -0.05) is 222 Å². The molecular weight excluding hydrogens is 831 g/mol. The van der Waals surface area contributed by atoms with Gasteiger partial charge in [0.05, 0.1) is 11.4 Å². The van der Waals surface area contributed by atoms with Crippen molar-refractivity contribution in [1.29, 1.82) is 0 Å². The average molecular weight is 884 g/mol. The fourth-order valence-corrected chi connectivity index (χ4v) is 12.7. The molecule has 3 aliphatic rings. The van der Waals surface area contributed by atoms with Crippen molar-refractivity contribution in [2.24, 2.45) is 0 Å². The van der Waals surface area contributed by atoms with E-state index in [1.165, 1.54) is 106 Å². The van der Waals surface area contributed by atoms with Gasteiger partial charge in [0, 0.05) is 33.1 Å². The van der Waals surface area contributed by atoms with E-state index in [-0.39, 0.29) is 16.2 Å². The highest BCUT2D eigenvalue weighted by Crippen LogP contribution is 2.56. The van der Waals surface area contributed by atoms with E-state index in [9.17, 15) is 0 Å². The van der Waals surface area contributed by atoms with Gasteiger partial charge in [-0.25, -0.2) is 0 Å². The second kappa shape index (κ2) is 15.3. The minimum atomic E-state index is -0.267. The zero-order valence-electron chi connectivity index (χ0n) is 39.9. The van der Waals surface area contributed by atoms with Gasteiger partial charge < -0.3 is 4.90 Å². The highest BCUT2D eigenvalue weighted by atomic mass is 15.1. The van der Waals surface area contributed by atoms with Gasteiger partial charge in [0.1, 0.15) is 0 Å². The maximum Gasteiger partial charge on any atom is 0.0540 e. The van der Waals surface area contributed by atoms with E-state index in [1.54, 1.807) is 0 Å². The molecular formula is C68H53N. The molecule has 0 aromatic heterocycles. The molecule has 0 saturated heterocycles. The van der Waals surface area contributed by atoms with Crippen molar-refractivity contribution in [1.82, 2.24) is 0 Å². The Hall–Kier alpha value is -8.00. The van der Waals surface area contributed by atoms with Crippen LogP contribution < -0.4 is 4.90 Å². The Bertz CT molecular complexity index is 3680. The van der Waals surface area contributed by atoms with Crippen LogP contribution in [-0.2, 0) is 16.2 Å². The van der Waals surface area contributed by atoms with Crippen molar-refractivity contribution in [2.45, 2.75) is 50.9 Å². The molecule has 0 radical (unpaired) electrons. The molecule has 1 nitrogen and oxygen atoms in total. The molecule has 0 heterocycles. The number of benzene rings is 10. The summed E-state index contributed by atoms with van der Waals surface area (Å²) < 4.78 is 0. The van der Waals surface area contributed by atoms with E-state index in [0.29, 0.717) is 0 Å². The first kappa shape index (κ1) is 41.2. The molecule has 0 aliphatic heterocycles. The Kier molecular flexibility index (Phi) is 9.11. The number of nitrogens with zero attached hydrogens (tertiary/aromatic N) is 1. The van der Waals surface area contributed by atoms with Gasteiger partial charge in [-0.05, 0) is 138 Å². The first-order valence-corrected chi connectivity index (χ1v) is 24.5. The summed E-state index contributed by atoms with van der Waals surface area (Å²) in [4.78, 5) is 2.52. The zero-order chi connectivity index (χ0) is 46.6. The number of anilines is 3. The molecule has 0 N–H and O–H groups in total. The molecule has 3 aliphatic carbocycles. The highest BCUT2D eigenvalue weighted by Gasteiger charge is 2.42. The predicted molar refractivity (Wildman–Crippen MR) is 290 cm³/mol. The van der Waals surface area contributed by atoms with E-state index in [4.69, 9.17) is 0 Å². The molecule has 10 aromatic carbocycles. The van der Waals surface area contributed by atoms with Crippen LogP contribution in [0.3, 0.4) is 0 Å². The van der Waals surface area contributed by atoms with Gasteiger partial charge in [-0.3, -0.25) is 0 Å². The second-order valence-corrected chi connectivity index (χ2v) is 20.5. The Morgan fingerprint density at radius 3 is 1.39 bits per heavy atom. The Balaban J connectivity index is 0.982. The number of fused-ring (bicyclic) bond motifs is 9. The molecule has 330 valence electrons. The molecule has 13 rings (SSSR count). The van der Waals surface area contributed by atoms with Gasteiger partial charge in [-0.2, -0.15) is 0 Å². The summed E-state index contributed by atoms with van der Waals surface area (Å²) in [6, 6.07) is 86.4. The molecule has 10 aromatic rings. The van der Waals surface area contributed by atoms with Crippen molar-refractivity contribution < 1.29 is 0 Å². The van der Waals surface area contributed by atoms with Gasteiger partial charge in [-0.15, -0.1) is 0 Å². The van der Waals surface area contributed by atoms with Gasteiger partial charge in [0.15, 0.2) is 0 Å². The summed E-state index contributed by atoms with van der Waals surface area (Å²) in [7, 11) is 0. The van der Waals surface area contributed by atoms with Crippen LogP contribution in [0.25, 0.3) is 66.8 Å². The summed E-state index contributed by atoms with van der Waals surface area (Å²) in [6.45, 7) is 11.9. The molecule has 1 unspecified atom stereocenters. The van der Waals surface area contributed by atoms with Crippen LogP contribution in [0, 0.1) is 0 Å². The minimum Gasteiger partial charge on any atom is -0.309 e. The van der Waals surface area contributed by atoms with Crippen molar-refractivity contribution in [3.05, 3.63) is 269 Å². The van der Waals surface area contributed by atoms with Gasteiger partial charge >= 0.3 is 0 Å². The summed E-state index contributed by atoms with van der Waals surface area (Å²) in [5.41, 5.74) is 27.6. The fourth-order valence-electron chi connectivity index (χ4n) is 12.7. The molecule has 0 fully saturated rings. The second-order valence-electron chi connectivity index (χ2n) is 20.5. The first-order chi connectivity index (χ1) is 33.6. The normalized spacial score (nSPS) is 16.2. The number of para-hydroxylation sites is 2. The lowest BCUT2D eigenvalue weighted by molar-refractivity contribution is 0.660. The van der Waals surface area contributed by atoms with Crippen molar-refractivity contribution in [3.63, 3.8) is 0 Å². The molecule has 0 saturated carbocycles. The third-order valence-corrected chi connectivity index (χ3v) is 16.2. The molecule has 1 atom stereocenters. The third kappa shape index (κ3) is 6.03. The van der Waals surface area contributed by atoms with E-state index in [1.807, 2.05) is 0 Å². The summed E-state index contributed by atoms with van der Waals surface area (Å²) >= 11 is 0. The van der Waals surface area contributed by atoms with Crippen LogP contribution in [0.5, 0.6) is 0 Å². The molecule has 0 bridgehead atoms. The number of hydrogen-bond acceptors (Lipinski definition) is 1. The average Bonchev–Trinajstić information content (AvgIpc) is 3.90. The standard InChI is InChI=1S/C68H53N/c1-66(2)58-29-14-9-23-50(58)53-41-37-46(43-61(53)66)49-22-12-17-32-63(49)69(64-33-18-13-26-55(64)57-28-19-27-56-52-25-10-15-30-59(52)67(3,4)65(56)57)48-38-34-44(35-39-48)45-36-40-54-51-24-11-16-31-60(51)68(5,62(54)42-45)47-20-7-6-8-21-47/h6-43H,1-5H3. The molecule has 69 heavy (non-hydrogen) atoms. The van der Waals surface area contributed by atoms with E-state index in [2.05, 4.69) is 270 Å². The largest absolute Gasteiger partial charge is 0.309 e. The fraction of sp³-hybridized carbons (Fsp3) is 0.118. The lowest BCUT2D eigenvalue weighted by atomic mass is 9.74. The van der Waals surface area contributed by atoms with Crippen LogP contribution >= 0.6 is 0 Å². The van der Waals surface area contributed by atoms with Gasteiger partial charge in [0.2, 0.25) is 0 Å². The SMILES string of the molecule is CC1(C)c2ccccc2-c2ccc(-c3ccccc3N(c3ccc(-c4ccc5c(c4)C(C)(c4ccccc4)c4ccccc4-5)cc3)c3ccccc3-c3cccc4c3C(C)(C)c3ccccc3-4)cc21. The van der Waals surface area contributed by atoms with Crippen LogP contribution in [-0.4, -0.2) is 0 Å². The molecule has 0 amide bonds. The van der Waals surface area contributed by atoms with E-state index < -0.39 is 0 Å². The quantitative estimate of drug-likeness (QED) is 0.154. The lowest BCUT2D eigenvalue weighted by Gasteiger charge is -2.32. The maximum atomic E-state index is 2.52. The van der Waals surface area contributed by atoms with Gasteiger partial charge in [0.25, 0.3) is 0 Å². The van der Waals surface area contributed by atoms with Crippen LogP contribution in [0.15, 0.2) is 231 Å². The monoisotopic (exact) mass is 883 g/mol. The number of rotatable bonds is 7. The van der Waals surface area contributed by atoms with E-state index in [0.717, 1.165) is 17.1 Å². The Labute approximate surface area is 407 Å². The Morgan fingerprint density at radius 2 is 0.710 bits per heavy atom. The van der Waals surface area contributed by atoms with Crippen molar-refractivity contribution in [2.75, 3.05) is 4.90 Å². The third-order valence-electron chi connectivity index (χ3n) is 16.2. The van der Waals surface area contributed by atoms with E-state index >= 15 is 0 Å². The topological polar surface area (TPSA) is 3.24 Å². The maximum absolute atomic E-state index is 2.52. The molecule has 0 spiro atoms.